The minimum Gasteiger partial charge on any atom is -0.477 e. The second kappa shape index (κ2) is 21.2. The van der Waals surface area contributed by atoms with Gasteiger partial charge in [-0.15, -0.1) is 78.3 Å². The number of rotatable bonds is 0. The Morgan fingerprint density at radius 3 is 1.73 bits per heavy atom. The quantitative estimate of drug-likeness (QED) is 0.222. The van der Waals surface area contributed by atoms with Crippen LogP contribution in [0.4, 0.5) is 0 Å². The molecule has 1 heterocycles. The topological polar surface area (TPSA) is 15.8 Å². The van der Waals surface area contributed by atoms with Crippen molar-refractivity contribution in [1.82, 2.24) is 4.98 Å². The largest absolute Gasteiger partial charge is 0.477 e. The Kier molecular flexibility index (Phi) is 23.7. The molecule has 0 fully saturated rings. The second-order valence-corrected chi connectivity index (χ2v) is 7.16. The Balaban J connectivity index is -0.000000329. The molecule has 0 bridgehead atoms. The number of nitrogens with one attached hydrogen (secondary N) is 1. The van der Waals surface area contributed by atoms with Crippen LogP contribution in [-0.2, 0) is 24.2 Å². The van der Waals surface area contributed by atoms with E-state index in [1.54, 1.807) is 0 Å². The summed E-state index contributed by atoms with van der Waals surface area (Å²) < 4.78 is 3.34. The van der Waals surface area contributed by atoms with Crippen molar-refractivity contribution in [3.8, 4) is 0 Å². The molecule has 166 valence electrons. The third kappa shape index (κ3) is 16.7. The first kappa shape index (κ1) is 33.6. The van der Waals surface area contributed by atoms with E-state index in [1.165, 1.54) is 52.2 Å². The van der Waals surface area contributed by atoms with Gasteiger partial charge in [-0.05, 0) is 0 Å². The van der Waals surface area contributed by atoms with Gasteiger partial charge in [-0.1, -0.05) is 18.2 Å². The van der Waals surface area contributed by atoms with Crippen molar-refractivity contribution in [3.63, 3.8) is 0 Å². The fourth-order valence-corrected chi connectivity index (χ4v) is 2.00. The van der Waals surface area contributed by atoms with Gasteiger partial charge in [0, 0.05) is 0 Å². The third-order valence-corrected chi connectivity index (χ3v) is 2.94. The number of aromatic nitrogens is 1. The maximum atomic E-state index is 3.34. The summed E-state index contributed by atoms with van der Waals surface area (Å²) in [6.45, 7) is 12.5. The Morgan fingerprint density at radius 2 is 1.23 bits per heavy atom. The predicted octanol–water partition coefficient (Wildman–Crippen LogP) is 8.58. The zero-order valence-electron chi connectivity index (χ0n) is 19.0. The number of hydrogen-bond acceptors (Lipinski definition) is 0. The Hall–Kier alpha value is -1.08. The van der Waals surface area contributed by atoms with E-state index >= 15 is 0 Å². The number of aromatic amines is 1. The van der Waals surface area contributed by atoms with Crippen molar-refractivity contribution in [3.05, 3.63) is 90.8 Å². The van der Waals surface area contributed by atoms with Crippen LogP contribution in [0, 0.1) is 18.0 Å². The summed E-state index contributed by atoms with van der Waals surface area (Å²) in [7, 11) is 0. The van der Waals surface area contributed by atoms with Crippen molar-refractivity contribution in [1.29, 1.82) is 0 Å². The summed E-state index contributed by atoms with van der Waals surface area (Å²) in [5.74, 6) is 2.83. The van der Waals surface area contributed by atoms with Crippen LogP contribution < -0.4 is 0 Å². The van der Waals surface area contributed by atoms with Crippen LogP contribution in [0.25, 0.3) is 21.7 Å². The van der Waals surface area contributed by atoms with Gasteiger partial charge in [0.2, 0.25) is 0 Å². The van der Waals surface area contributed by atoms with Gasteiger partial charge in [0.15, 0.2) is 0 Å². The number of benzene rings is 2. The molecule has 0 spiro atoms. The van der Waals surface area contributed by atoms with Crippen molar-refractivity contribution in [2.24, 2.45) is 0 Å². The molecule has 1 nitrogen and oxygen atoms in total. The molecule has 0 amide bonds. The van der Waals surface area contributed by atoms with Gasteiger partial charge in [0.25, 0.3) is 0 Å². The zero-order chi connectivity index (χ0) is 21.4. The van der Waals surface area contributed by atoms with Gasteiger partial charge < -0.3 is 16.8 Å². The van der Waals surface area contributed by atoms with Crippen LogP contribution in [-0.4, -0.2) is 9.20 Å². The molecule has 0 aliphatic rings. The molecule has 4 heteroatoms. The summed E-state index contributed by atoms with van der Waals surface area (Å²) in [4.78, 5) is 2.99. The van der Waals surface area contributed by atoms with Crippen LogP contribution in [0.1, 0.15) is 41.5 Å². The van der Waals surface area contributed by atoms with E-state index < -0.39 is 0 Å². The van der Waals surface area contributed by atoms with E-state index in [-0.39, 0.29) is 24.8 Å². The average molecular weight is 524 g/mol. The van der Waals surface area contributed by atoms with Crippen LogP contribution >= 0.6 is 24.8 Å². The first-order valence-corrected chi connectivity index (χ1v) is 11.1. The fraction of sp³-hybridized carbons (Fsp3) is 0.231. The molecule has 30 heavy (non-hydrogen) atoms. The molecule has 1 N–H and O–H groups in total. The molecule has 0 unspecified atom stereocenters. The molecule has 1 aromatic heterocycles. The van der Waals surface area contributed by atoms with Gasteiger partial charge in [0.05, 0.1) is 0 Å². The van der Waals surface area contributed by atoms with E-state index in [4.69, 9.17) is 0 Å². The Labute approximate surface area is 211 Å². The molecule has 0 aliphatic carbocycles. The van der Waals surface area contributed by atoms with E-state index in [1.807, 2.05) is 24.3 Å². The third-order valence-electron chi connectivity index (χ3n) is 2.94. The molecule has 0 radical (unpaired) electrons. The summed E-state index contributed by atoms with van der Waals surface area (Å²) in [5.41, 5.74) is 1.15. The van der Waals surface area contributed by atoms with Gasteiger partial charge >= 0.3 is 28.4 Å². The average Bonchev–Trinajstić information content (AvgIpc) is 3.32. The Bertz CT molecular complexity index is 727. The Morgan fingerprint density at radius 1 is 0.767 bits per heavy atom. The summed E-state index contributed by atoms with van der Waals surface area (Å²) in [6, 6.07) is 24.7. The van der Waals surface area contributed by atoms with Crippen molar-refractivity contribution in [2.75, 3.05) is 0 Å². The van der Waals surface area contributed by atoms with Crippen molar-refractivity contribution in [2.45, 2.75) is 41.5 Å². The number of fused-ring (bicyclic) bond motifs is 2. The van der Waals surface area contributed by atoms with E-state index in [0.29, 0.717) is 0 Å². The van der Waals surface area contributed by atoms with Gasteiger partial charge in [0.1, 0.15) is 0 Å². The standard InChI is InChI=1S/C9H7.C8H6N.2C4H9.CH2.2ClH.Zr/c1-2-5-9-7-3-6-8(9)4-1;1-2-4-8-7(3-1)5-6-9-8;2*1-4(2)3;;;;/h1-7H;1-5,9H;2*1-3H3;1H2;2*1H;/q4*-1;;;;. The number of halogens is 2. The molecular weight excluding hydrogens is 488 g/mol. The summed E-state index contributed by atoms with van der Waals surface area (Å²) >= 11 is 1.30. The van der Waals surface area contributed by atoms with Crippen molar-refractivity contribution >= 4 is 50.7 Å². The van der Waals surface area contributed by atoms with Crippen LogP contribution in [0.2, 0.25) is 0 Å². The number of hydrogen-bond donors (Lipinski definition) is 1. The van der Waals surface area contributed by atoms with Crippen LogP contribution in [0.3, 0.4) is 0 Å². The first-order valence-electron chi connectivity index (χ1n) is 9.33. The minimum absolute atomic E-state index is 0. The van der Waals surface area contributed by atoms with Gasteiger partial charge in [-0.2, -0.15) is 70.5 Å². The number of H-pyrrole nitrogens is 1. The van der Waals surface area contributed by atoms with Gasteiger partial charge in [-0.3, -0.25) is 0 Å². The maximum Gasteiger partial charge on any atom is -0.0745 e. The maximum absolute atomic E-state index is 3.34. The van der Waals surface area contributed by atoms with E-state index in [2.05, 4.69) is 105 Å². The second-order valence-electron chi connectivity index (χ2n) is 7.16. The molecular formula is C26H35Cl2NZr-4. The summed E-state index contributed by atoms with van der Waals surface area (Å²) in [5, 5.41) is 3.88. The van der Waals surface area contributed by atoms with E-state index in [0.717, 1.165) is 5.52 Å². The molecule has 3 aromatic carbocycles. The predicted molar refractivity (Wildman–Crippen MR) is 139 cm³/mol. The fourth-order valence-electron chi connectivity index (χ4n) is 2.00. The molecule has 0 saturated carbocycles. The molecule has 4 rings (SSSR count). The monoisotopic (exact) mass is 521 g/mol. The van der Waals surface area contributed by atoms with E-state index in [9.17, 15) is 0 Å². The summed E-state index contributed by atoms with van der Waals surface area (Å²) in [6.07, 6.45) is 2.91. The SMILES string of the molecule is C[C-](C)C.C[C-](C)C.Cl.Cl.[CH2]=[Zr].[c-]1cc2ccccc2[nH]1.c1ccc2[cH-]ccc2c1. The van der Waals surface area contributed by atoms with Crippen molar-refractivity contribution < 1.29 is 24.2 Å². The van der Waals surface area contributed by atoms with Crippen LogP contribution in [0.15, 0.2) is 72.8 Å². The zero-order valence-corrected chi connectivity index (χ0v) is 23.0. The molecule has 0 aliphatic heterocycles. The normalized spacial score (nSPS) is 8.63. The molecule has 0 atom stereocenters. The first-order chi connectivity index (χ1) is 13.4. The van der Waals surface area contributed by atoms with Gasteiger partial charge in [-0.25, -0.2) is 0 Å². The van der Waals surface area contributed by atoms with Crippen LogP contribution in [0.5, 0.6) is 0 Å². The molecule has 4 aromatic rings. The molecule has 0 saturated heterocycles. The minimum atomic E-state index is 0. The number of para-hydroxylation sites is 1. The smallest absolute Gasteiger partial charge is 0.0745 e.